The van der Waals surface area contributed by atoms with E-state index in [1.54, 1.807) is 0 Å². The molecular weight excluding hydrogens is 232 g/mol. The van der Waals surface area contributed by atoms with Gasteiger partial charge in [-0.15, -0.1) is 0 Å². The molecule has 1 aromatic rings. The van der Waals surface area contributed by atoms with Crippen LogP contribution >= 0.6 is 25.3 Å². The van der Waals surface area contributed by atoms with E-state index in [9.17, 15) is 0 Å². The summed E-state index contributed by atoms with van der Waals surface area (Å²) in [7, 11) is 0. The monoisotopic (exact) mass is 238 g/mol. The summed E-state index contributed by atoms with van der Waals surface area (Å²) in [5.41, 5.74) is 1.65. The van der Waals surface area contributed by atoms with Crippen LogP contribution in [-0.2, 0) is 0 Å². The van der Waals surface area contributed by atoms with Crippen molar-refractivity contribution in [1.82, 2.24) is 0 Å². The predicted octanol–water partition coefficient (Wildman–Crippen LogP) is 2.17. The zero-order valence-corrected chi connectivity index (χ0v) is 9.99. The van der Waals surface area contributed by atoms with Crippen LogP contribution in [-0.4, -0.2) is 0 Å². The quantitative estimate of drug-likeness (QED) is 0.502. The lowest BCUT2D eigenvalue weighted by Gasteiger charge is -1.93. The van der Waals surface area contributed by atoms with Gasteiger partial charge >= 0.3 is 0 Å². The van der Waals surface area contributed by atoms with Crippen molar-refractivity contribution in [2.24, 2.45) is 0 Å². The average molecular weight is 238 g/mol. The predicted molar refractivity (Wildman–Crippen MR) is 73.7 cm³/mol. The first-order chi connectivity index (χ1) is 7.88. The third-order valence-corrected chi connectivity index (χ3v) is 1.78. The number of thiol groups is 2. The first kappa shape index (κ1) is 12.2. The lowest BCUT2D eigenvalue weighted by molar-refractivity contribution is 1.59. The van der Waals surface area contributed by atoms with Crippen LogP contribution in [0.4, 0.5) is 0 Å². The molecule has 2 heteroatoms. The van der Waals surface area contributed by atoms with Gasteiger partial charge in [-0.1, -0.05) is 49.2 Å². The topological polar surface area (TPSA) is 0 Å². The van der Waals surface area contributed by atoms with E-state index in [4.69, 9.17) is 0 Å². The lowest BCUT2D eigenvalue weighted by atomic mass is 10.1. The fourth-order valence-electron chi connectivity index (χ4n) is 0.954. The Hall–Kier alpha value is -1.84. The van der Waals surface area contributed by atoms with Crippen molar-refractivity contribution < 1.29 is 0 Å². The van der Waals surface area contributed by atoms with Gasteiger partial charge in [0, 0.05) is 11.1 Å². The molecule has 0 saturated heterocycles. The number of hydrogen-bond donors (Lipinski definition) is 2. The summed E-state index contributed by atoms with van der Waals surface area (Å²) in [5, 5.41) is 4.82. The van der Waals surface area contributed by atoms with Gasteiger partial charge in [-0.3, -0.25) is 0 Å². The molecule has 0 aliphatic rings. The van der Waals surface area contributed by atoms with Crippen molar-refractivity contribution in [2.75, 3.05) is 0 Å². The Morgan fingerprint density at radius 2 is 1.12 bits per heavy atom. The van der Waals surface area contributed by atoms with E-state index in [0.717, 1.165) is 11.1 Å². The van der Waals surface area contributed by atoms with Gasteiger partial charge in [0.25, 0.3) is 0 Å². The fraction of sp³-hybridized carbons (Fsp3) is 0. The van der Waals surface area contributed by atoms with Crippen LogP contribution in [0.3, 0.4) is 0 Å². The highest BCUT2D eigenvalue weighted by Gasteiger charge is 1.92. The third-order valence-electron chi connectivity index (χ3n) is 1.56. The maximum atomic E-state index is 3.74. The molecule has 0 fully saturated rings. The van der Waals surface area contributed by atoms with Crippen LogP contribution < -0.4 is 0 Å². The standard InChI is InChI=1S/C14H6S2/c15-11-5-3-9-13-7-1-2-8-14(13)10-4-6-12-16/h1-2,7-8,15-16H. The second-order valence-corrected chi connectivity index (χ2v) is 2.97. The Balaban J connectivity index is 3.10. The summed E-state index contributed by atoms with van der Waals surface area (Å²) >= 11 is 7.49. The lowest BCUT2D eigenvalue weighted by Crippen LogP contribution is -1.81. The Labute approximate surface area is 107 Å². The molecule has 0 bridgehead atoms. The molecule has 0 N–H and O–H groups in total. The molecule has 0 amide bonds. The molecule has 0 saturated carbocycles. The van der Waals surface area contributed by atoms with E-state index in [1.807, 2.05) is 24.3 Å². The van der Waals surface area contributed by atoms with Gasteiger partial charge in [0.15, 0.2) is 0 Å². The van der Waals surface area contributed by atoms with Crippen molar-refractivity contribution in [3.63, 3.8) is 0 Å². The van der Waals surface area contributed by atoms with E-state index in [2.05, 4.69) is 71.3 Å². The van der Waals surface area contributed by atoms with E-state index < -0.39 is 0 Å². The SMILES string of the molecule is SC#CC#Cc1ccccc1C#CC#CS. The smallest absolute Gasteiger partial charge is 0.0412 e. The number of hydrogen-bond acceptors (Lipinski definition) is 2. The van der Waals surface area contributed by atoms with Gasteiger partial charge in [0.1, 0.15) is 0 Å². The Morgan fingerprint density at radius 1 is 0.688 bits per heavy atom. The first-order valence-electron chi connectivity index (χ1n) is 4.27. The molecule has 0 aromatic heterocycles. The van der Waals surface area contributed by atoms with Gasteiger partial charge in [-0.2, -0.15) is 0 Å². The molecule has 0 aliphatic carbocycles. The molecular formula is C14H6S2. The molecule has 74 valence electrons. The molecule has 0 unspecified atom stereocenters. The molecule has 0 atom stereocenters. The molecule has 0 radical (unpaired) electrons. The van der Waals surface area contributed by atoms with Crippen LogP contribution in [0, 0.1) is 46.0 Å². The van der Waals surface area contributed by atoms with E-state index >= 15 is 0 Å². The summed E-state index contributed by atoms with van der Waals surface area (Å²) < 4.78 is 0. The van der Waals surface area contributed by atoms with Crippen molar-refractivity contribution in [3.05, 3.63) is 35.4 Å². The minimum Gasteiger partial charge on any atom is -0.0912 e. The Morgan fingerprint density at radius 3 is 1.50 bits per heavy atom. The maximum absolute atomic E-state index is 3.74. The normalized spacial score (nSPS) is 6.62. The fourth-order valence-corrected chi connectivity index (χ4v) is 1.07. The van der Waals surface area contributed by atoms with Crippen molar-refractivity contribution in [1.29, 1.82) is 0 Å². The minimum absolute atomic E-state index is 0.826. The van der Waals surface area contributed by atoms with Gasteiger partial charge < -0.3 is 0 Å². The zero-order chi connectivity index (χ0) is 11.6. The second-order valence-electron chi connectivity index (χ2n) is 2.52. The van der Waals surface area contributed by atoms with Crippen LogP contribution in [0.25, 0.3) is 0 Å². The highest BCUT2D eigenvalue weighted by Crippen LogP contribution is 2.04. The van der Waals surface area contributed by atoms with Crippen molar-refractivity contribution in [3.8, 4) is 46.0 Å². The summed E-state index contributed by atoms with van der Waals surface area (Å²) in [4.78, 5) is 0. The number of rotatable bonds is 0. The summed E-state index contributed by atoms with van der Waals surface area (Å²) in [6.45, 7) is 0. The van der Waals surface area contributed by atoms with Gasteiger partial charge in [-0.25, -0.2) is 0 Å². The minimum atomic E-state index is 0.826. The van der Waals surface area contributed by atoms with E-state index in [1.165, 1.54) is 0 Å². The van der Waals surface area contributed by atoms with Gasteiger partial charge in [-0.05, 0) is 46.3 Å². The van der Waals surface area contributed by atoms with Crippen LogP contribution in [0.15, 0.2) is 24.3 Å². The Kier molecular flexibility index (Phi) is 5.70. The molecule has 0 nitrogen and oxygen atoms in total. The van der Waals surface area contributed by atoms with Crippen LogP contribution in [0.1, 0.15) is 11.1 Å². The third kappa shape index (κ3) is 4.13. The molecule has 16 heavy (non-hydrogen) atoms. The zero-order valence-electron chi connectivity index (χ0n) is 8.20. The number of benzene rings is 1. The molecule has 1 rings (SSSR count). The summed E-state index contributed by atoms with van der Waals surface area (Å²) in [5.74, 6) is 16.3. The highest BCUT2D eigenvalue weighted by molar-refractivity contribution is 7.85. The van der Waals surface area contributed by atoms with E-state index in [0.29, 0.717) is 0 Å². The molecule has 0 spiro atoms. The average Bonchev–Trinajstić information content (AvgIpc) is 2.32. The largest absolute Gasteiger partial charge is 0.0912 e. The van der Waals surface area contributed by atoms with Crippen LogP contribution in [0.5, 0.6) is 0 Å². The summed E-state index contributed by atoms with van der Waals surface area (Å²) in [6.07, 6.45) is 0. The Bertz CT molecular complexity index is 554. The maximum Gasteiger partial charge on any atom is 0.0412 e. The van der Waals surface area contributed by atoms with Gasteiger partial charge in [0.05, 0.1) is 0 Å². The van der Waals surface area contributed by atoms with Crippen molar-refractivity contribution >= 4 is 25.3 Å². The van der Waals surface area contributed by atoms with Crippen LogP contribution in [0.2, 0.25) is 0 Å². The van der Waals surface area contributed by atoms with Gasteiger partial charge in [0.2, 0.25) is 0 Å². The summed E-state index contributed by atoms with van der Waals surface area (Å²) in [6, 6.07) is 7.55. The molecule has 0 aliphatic heterocycles. The van der Waals surface area contributed by atoms with E-state index in [-0.39, 0.29) is 0 Å². The van der Waals surface area contributed by atoms with Crippen molar-refractivity contribution in [2.45, 2.75) is 0 Å². The second kappa shape index (κ2) is 7.45. The molecule has 0 heterocycles. The highest BCUT2D eigenvalue weighted by atomic mass is 32.1. The molecule has 1 aromatic carbocycles. The first-order valence-corrected chi connectivity index (χ1v) is 5.17.